The first-order valence-electron chi connectivity index (χ1n) is 6.17. The van der Waals surface area contributed by atoms with E-state index in [9.17, 15) is 0 Å². The second-order valence-electron chi connectivity index (χ2n) is 4.40. The molecule has 1 aromatic carbocycles. The number of rotatable bonds is 5. The van der Waals surface area contributed by atoms with Crippen LogP contribution in [0.1, 0.15) is 37.8 Å². The van der Waals surface area contributed by atoms with E-state index >= 15 is 0 Å². The Balaban J connectivity index is 0.00000162. The quantitative estimate of drug-likeness (QED) is 0.867. The van der Waals surface area contributed by atoms with Gasteiger partial charge in [-0.15, -0.1) is 12.4 Å². The van der Waals surface area contributed by atoms with Gasteiger partial charge in [0.1, 0.15) is 5.75 Å². The summed E-state index contributed by atoms with van der Waals surface area (Å²) in [5.74, 6) is 0.876. The maximum atomic E-state index is 6.22. The van der Waals surface area contributed by atoms with E-state index in [1.54, 1.807) is 7.11 Å². The Hall–Kier alpha value is -1.19. The number of halogens is 1. The highest BCUT2D eigenvalue weighted by atomic mass is 35.5. The van der Waals surface area contributed by atoms with Crippen LogP contribution >= 0.6 is 12.4 Å². The van der Waals surface area contributed by atoms with Crippen molar-refractivity contribution in [3.05, 3.63) is 30.0 Å². The van der Waals surface area contributed by atoms with E-state index in [1.165, 1.54) is 17.4 Å². The molecule has 1 aromatic heterocycles. The van der Waals surface area contributed by atoms with Crippen molar-refractivity contribution in [1.29, 1.82) is 0 Å². The summed E-state index contributed by atoms with van der Waals surface area (Å²) in [6, 6.07) is 6.15. The summed E-state index contributed by atoms with van der Waals surface area (Å²) in [5.41, 5.74) is 8.53. The van der Waals surface area contributed by atoms with Gasteiger partial charge in [0.15, 0.2) is 0 Å². The number of nitrogens with two attached hydrogens (primary N) is 1. The number of hydrogen-bond donors (Lipinski definition) is 2. The summed E-state index contributed by atoms with van der Waals surface area (Å²) in [4.78, 5) is 3.26. The van der Waals surface area contributed by atoms with Crippen molar-refractivity contribution >= 4 is 23.3 Å². The Morgan fingerprint density at radius 1 is 1.39 bits per heavy atom. The number of H-pyrrole nitrogens is 1. The molecular weight excluding hydrogens is 248 g/mol. The fourth-order valence-electron chi connectivity index (χ4n) is 2.13. The van der Waals surface area contributed by atoms with Gasteiger partial charge in [0.2, 0.25) is 0 Å². The largest absolute Gasteiger partial charge is 0.497 e. The number of fused-ring (bicyclic) bond motifs is 1. The summed E-state index contributed by atoms with van der Waals surface area (Å²) in [6.45, 7) is 2.19. The number of nitrogens with one attached hydrogen (secondary N) is 1. The standard InChI is InChI=1S/C14H20N2O.ClH/c1-3-4-5-13(15)12-9-16-14-7-6-10(17-2)8-11(12)14;/h6-9,13,16H,3-5,15H2,1-2H3;1H/t13-;/m1./s1. The van der Waals surface area contributed by atoms with E-state index in [0.717, 1.165) is 24.1 Å². The fraction of sp³-hybridized carbons (Fsp3) is 0.429. The lowest BCUT2D eigenvalue weighted by atomic mass is 10.0. The van der Waals surface area contributed by atoms with Crippen molar-refractivity contribution in [2.45, 2.75) is 32.2 Å². The van der Waals surface area contributed by atoms with Crippen LogP contribution in [-0.4, -0.2) is 12.1 Å². The van der Waals surface area contributed by atoms with Gasteiger partial charge in [0, 0.05) is 23.1 Å². The lowest BCUT2D eigenvalue weighted by Gasteiger charge is -2.10. The molecule has 0 amide bonds. The summed E-state index contributed by atoms with van der Waals surface area (Å²) < 4.78 is 5.25. The van der Waals surface area contributed by atoms with Gasteiger partial charge in [-0.1, -0.05) is 19.8 Å². The SMILES string of the molecule is CCCC[C@@H](N)c1c[nH]c2ccc(OC)cc12.Cl. The topological polar surface area (TPSA) is 51.0 Å². The van der Waals surface area contributed by atoms with E-state index in [1.807, 2.05) is 24.4 Å². The van der Waals surface area contributed by atoms with E-state index < -0.39 is 0 Å². The molecule has 2 rings (SSSR count). The zero-order chi connectivity index (χ0) is 12.3. The predicted octanol–water partition coefficient (Wildman–Crippen LogP) is 3.79. The minimum absolute atomic E-state index is 0. The minimum atomic E-state index is 0. The van der Waals surface area contributed by atoms with Crippen molar-refractivity contribution in [3.63, 3.8) is 0 Å². The first kappa shape index (κ1) is 14.9. The third-order valence-electron chi connectivity index (χ3n) is 3.19. The smallest absolute Gasteiger partial charge is 0.119 e. The number of unbranched alkanes of at least 4 members (excludes halogenated alkanes) is 1. The van der Waals surface area contributed by atoms with Gasteiger partial charge in [-0.05, 0) is 30.2 Å². The molecule has 0 aliphatic rings. The lowest BCUT2D eigenvalue weighted by Crippen LogP contribution is -2.09. The van der Waals surface area contributed by atoms with Crippen molar-refractivity contribution < 1.29 is 4.74 Å². The molecule has 0 fully saturated rings. The van der Waals surface area contributed by atoms with Crippen LogP contribution in [0.2, 0.25) is 0 Å². The number of aromatic nitrogens is 1. The van der Waals surface area contributed by atoms with Gasteiger partial charge in [0.25, 0.3) is 0 Å². The van der Waals surface area contributed by atoms with Crippen molar-refractivity contribution in [3.8, 4) is 5.75 Å². The number of benzene rings is 1. The monoisotopic (exact) mass is 268 g/mol. The van der Waals surface area contributed by atoms with Gasteiger partial charge < -0.3 is 15.5 Å². The van der Waals surface area contributed by atoms with Gasteiger partial charge in [-0.25, -0.2) is 0 Å². The van der Waals surface area contributed by atoms with Gasteiger partial charge in [-0.2, -0.15) is 0 Å². The van der Waals surface area contributed by atoms with Crippen LogP contribution < -0.4 is 10.5 Å². The Kier molecular flexibility index (Phi) is 5.51. The summed E-state index contributed by atoms with van der Waals surface area (Å²) in [5, 5.41) is 1.17. The first-order chi connectivity index (χ1) is 8.26. The van der Waals surface area contributed by atoms with Crippen LogP contribution in [0.4, 0.5) is 0 Å². The van der Waals surface area contributed by atoms with Crippen LogP contribution in [0.5, 0.6) is 5.75 Å². The summed E-state index contributed by atoms with van der Waals surface area (Å²) >= 11 is 0. The number of hydrogen-bond acceptors (Lipinski definition) is 2. The predicted molar refractivity (Wildman–Crippen MR) is 78.6 cm³/mol. The maximum absolute atomic E-state index is 6.22. The number of aromatic amines is 1. The van der Waals surface area contributed by atoms with E-state index in [4.69, 9.17) is 10.5 Å². The second-order valence-corrected chi connectivity index (χ2v) is 4.40. The second kappa shape index (κ2) is 6.66. The lowest BCUT2D eigenvalue weighted by molar-refractivity contribution is 0.415. The number of ether oxygens (including phenoxy) is 1. The molecule has 0 aliphatic heterocycles. The summed E-state index contributed by atoms with van der Waals surface area (Å²) in [7, 11) is 1.69. The molecule has 2 aromatic rings. The average Bonchev–Trinajstić information content (AvgIpc) is 2.78. The molecule has 1 atom stereocenters. The van der Waals surface area contributed by atoms with E-state index in [0.29, 0.717) is 0 Å². The maximum Gasteiger partial charge on any atom is 0.119 e. The molecule has 3 N–H and O–H groups in total. The van der Waals surface area contributed by atoms with Crippen LogP contribution in [0.25, 0.3) is 10.9 Å². The van der Waals surface area contributed by atoms with Crippen LogP contribution in [0.15, 0.2) is 24.4 Å². The highest BCUT2D eigenvalue weighted by Gasteiger charge is 2.11. The first-order valence-corrected chi connectivity index (χ1v) is 6.17. The summed E-state index contributed by atoms with van der Waals surface area (Å²) in [6.07, 6.45) is 5.39. The molecule has 0 saturated carbocycles. The Bertz CT molecular complexity index is 495. The number of methoxy groups -OCH3 is 1. The van der Waals surface area contributed by atoms with Gasteiger partial charge >= 0.3 is 0 Å². The normalized spacial score (nSPS) is 12.2. The molecule has 0 saturated heterocycles. The average molecular weight is 269 g/mol. The van der Waals surface area contributed by atoms with E-state index in [2.05, 4.69) is 11.9 Å². The molecule has 18 heavy (non-hydrogen) atoms. The molecular formula is C14H21ClN2O. The molecule has 3 nitrogen and oxygen atoms in total. The zero-order valence-electron chi connectivity index (χ0n) is 10.9. The third-order valence-corrected chi connectivity index (χ3v) is 3.19. The molecule has 0 aliphatic carbocycles. The Morgan fingerprint density at radius 3 is 2.83 bits per heavy atom. The molecule has 0 bridgehead atoms. The van der Waals surface area contributed by atoms with Gasteiger partial charge in [-0.3, -0.25) is 0 Å². The van der Waals surface area contributed by atoms with Crippen LogP contribution in [-0.2, 0) is 0 Å². The molecule has 0 unspecified atom stereocenters. The Labute approximate surface area is 114 Å². The molecule has 1 heterocycles. The van der Waals surface area contributed by atoms with Crippen molar-refractivity contribution in [2.24, 2.45) is 5.73 Å². The fourth-order valence-corrected chi connectivity index (χ4v) is 2.13. The molecule has 0 spiro atoms. The minimum Gasteiger partial charge on any atom is -0.497 e. The zero-order valence-corrected chi connectivity index (χ0v) is 11.7. The third kappa shape index (κ3) is 2.98. The van der Waals surface area contributed by atoms with Crippen LogP contribution in [0.3, 0.4) is 0 Å². The molecule has 0 radical (unpaired) electrons. The van der Waals surface area contributed by atoms with Gasteiger partial charge in [0.05, 0.1) is 7.11 Å². The van der Waals surface area contributed by atoms with Crippen molar-refractivity contribution in [1.82, 2.24) is 4.98 Å². The van der Waals surface area contributed by atoms with E-state index in [-0.39, 0.29) is 18.4 Å². The molecule has 100 valence electrons. The molecule has 4 heteroatoms. The van der Waals surface area contributed by atoms with Crippen LogP contribution in [0, 0.1) is 0 Å². The highest BCUT2D eigenvalue weighted by Crippen LogP contribution is 2.28. The Morgan fingerprint density at radius 2 is 2.17 bits per heavy atom. The van der Waals surface area contributed by atoms with Crippen molar-refractivity contribution in [2.75, 3.05) is 7.11 Å². The highest BCUT2D eigenvalue weighted by molar-refractivity contribution is 5.85.